The molecule has 2 heteroatoms. The smallest absolute Gasteiger partial charge is 0.0618 e. The molecule has 0 saturated carbocycles. The van der Waals surface area contributed by atoms with Crippen LogP contribution in [0.3, 0.4) is 0 Å². The van der Waals surface area contributed by atoms with Gasteiger partial charge in [-0.1, -0.05) is 41.5 Å². The molecule has 0 heterocycles. The van der Waals surface area contributed by atoms with Crippen LogP contribution in [0, 0.1) is 23.7 Å². The number of methoxy groups -OCH3 is 1. The Balaban J connectivity index is 4.15. The first-order valence-corrected chi connectivity index (χ1v) is 6.62. The van der Waals surface area contributed by atoms with Gasteiger partial charge in [0.2, 0.25) is 0 Å². The molecule has 2 nitrogen and oxygen atoms in total. The van der Waals surface area contributed by atoms with Crippen LogP contribution in [0.4, 0.5) is 0 Å². The minimum Gasteiger partial charge on any atom is -0.383 e. The lowest BCUT2D eigenvalue weighted by molar-refractivity contribution is 0.138. The second-order valence-corrected chi connectivity index (χ2v) is 5.87. The zero-order chi connectivity index (χ0) is 12.7. The largest absolute Gasteiger partial charge is 0.383 e. The Labute approximate surface area is 102 Å². The second kappa shape index (κ2) is 8.08. The number of hydrogen-bond donors (Lipinski definition) is 1. The van der Waals surface area contributed by atoms with Gasteiger partial charge < -0.3 is 10.1 Å². The van der Waals surface area contributed by atoms with Gasteiger partial charge in [-0.2, -0.15) is 0 Å². The average molecular weight is 229 g/mol. The quantitative estimate of drug-likeness (QED) is 0.690. The van der Waals surface area contributed by atoms with Crippen molar-refractivity contribution in [1.29, 1.82) is 0 Å². The molecule has 0 aliphatic carbocycles. The monoisotopic (exact) mass is 229 g/mol. The van der Waals surface area contributed by atoms with Gasteiger partial charge in [-0.05, 0) is 30.2 Å². The highest BCUT2D eigenvalue weighted by Gasteiger charge is 2.20. The van der Waals surface area contributed by atoms with Crippen molar-refractivity contribution in [3.63, 3.8) is 0 Å². The Morgan fingerprint density at radius 3 is 1.69 bits per heavy atom. The molecule has 0 amide bonds. The van der Waals surface area contributed by atoms with E-state index in [2.05, 4.69) is 46.9 Å². The van der Waals surface area contributed by atoms with Crippen molar-refractivity contribution in [1.82, 2.24) is 5.32 Å². The number of ether oxygens (including phenoxy) is 1. The standard InChI is InChI=1S/C14H31NO/c1-10(2)13(11(3)4)8-15-14(9-16-7)12(5)6/h10-15H,8-9H2,1-7H3. The second-order valence-electron chi connectivity index (χ2n) is 5.87. The molecule has 0 aromatic heterocycles. The van der Waals surface area contributed by atoms with Gasteiger partial charge in [-0.25, -0.2) is 0 Å². The van der Waals surface area contributed by atoms with Gasteiger partial charge in [-0.15, -0.1) is 0 Å². The Kier molecular flexibility index (Phi) is 8.04. The average Bonchev–Trinajstić information content (AvgIpc) is 2.15. The predicted molar refractivity (Wildman–Crippen MR) is 71.7 cm³/mol. The van der Waals surface area contributed by atoms with Crippen LogP contribution in [0.1, 0.15) is 41.5 Å². The van der Waals surface area contributed by atoms with Crippen LogP contribution in [0.5, 0.6) is 0 Å². The van der Waals surface area contributed by atoms with Crippen molar-refractivity contribution in [2.24, 2.45) is 23.7 Å². The van der Waals surface area contributed by atoms with Crippen LogP contribution in [0.2, 0.25) is 0 Å². The number of rotatable bonds is 8. The molecule has 0 saturated heterocycles. The molecular formula is C14H31NO. The van der Waals surface area contributed by atoms with Crippen LogP contribution in [-0.2, 0) is 4.74 Å². The fraction of sp³-hybridized carbons (Fsp3) is 1.00. The molecule has 0 bridgehead atoms. The Morgan fingerprint density at radius 2 is 1.38 bits per heavy atom. The van der Waals surface area contributed by atoms with Crippen molar-refractivity contribution >= 4 is 0 Å². The van der Waals surface area contributed by atoms with E-state index in [9.17, 15) is 0 Å². The zero-order valence-electron chi connectivity index (χ0n) is 12.2. The van der Waals surface area contributed by atoms with Crippen LogP contribution < -0.4 is 5.32 Å². The molecule has 0 aliphatic rings. The Hall–Kier alpha value is -0.0800. The lowest BCUT2D eigenvalue weighted by atomic mass is 9.85. The van der Waals surface area contributed by atoms with E-state index in [1.54, 1.807) is 7.11 Å². The third-order valence-corrected chi connectivity index (χ3v) is 3.48. The number of nitrogens with one attached hydrogen (secondary N) is 1. The highest BCUT2D eigenvalue weighted by atomic mass is 16.5. The molecule has 0 spiro atoms. The molecule has 0 fully saturated rings. The maximum Gasteiger partial charge on any atom is 0.0618 e. The molecule has 98 valence electrons. The van der Waals surface area contributed by atoms with Crippen LogP contribution in [-0.4, -0.2) is 26.3 Å². The predicted octanol–water partition coefficient (Wildman–Crippen LogP) is 3.18. The summed E-state index contributed by atoms with van der Waals surface area (Å²) in [6.45, 7) is 15.6. The lowest BCUT2D eigenvalue weighted by Gasteiger charge is -2.29. The highest BCUT2D eigenvalue weighted by Crippen LogP contribution is 2.20. The van der Waals surface area contributed by atoms with E-state index in [0.717, 1.165) is 30.9 Å². The minimum atomic E-state index is 0.477. The van der Waals surface area contributed by atoms with Crippen LogP contribution in [0.15, 0.2) is 0 Å². The fourth-order valence-corrected chi connectivity index (χ4v) is 2.20. The van der Waals surface area contributed by atoms with Crippen molar-refractivity contribution < 1.29 is 4.74 Å². The SMILES string of the molecule is COCC(NCC(C(C)C)C(C)C)C(C)C. The van der Waals surface area contributed by atoms with Gasteiger partial charge in [-0.3, -0.25) is 0 Å². The molecule has 0 aromatic rings. The minimum absolute atomic E-state index is 0.477. The summed E-state index contributed by atoms with van der Waals surface area (Å²) >= 11 is 0. The summed E-state index contributed by atoms with van der Waals surface area (Å²) in [7, 11) is 1.78. The Morgan fingerprint density at radius 1 is 0.875 bits per heavy atom. The molecule has 0 radical (unpaired) electrons. The zero-order valence-corrected chi connectivity index (χ0v) is 12.2. The highest BCUT2D eigenvalue weighted by molar-refractivity contribution is 4.75. The lowest BCUT2D eigenvalue weighted by Crippen LogP contribution is -2.42. The van der Waals surface area contributed by atoms with E-state index in [4.69, 9.17) is 4.74 Å². The molecule has 1 unspecified atom stereocenters. The van der Waals surface area contributed by atoms with E-state index >= 15 is 0 Å². The van der Waals surface area contributed by atoms with E-state index in [1.807, 2.05) is 0 Å². The van der Waals surface area contributed by atoms with Crippen LogP contribution >= 0.6 is 0 Å². The van der Waals surface area contributed by atoms with Gasteiger partial charge in [0.25, 0.3) is 0 Å². The summed E-state index contributed by atoms with van der Waals surface area (Å²) in [5, 5.41) is 3.66. The normalized spacial score (nSPS) is 14.4. The summed E-state index contributed by atoms with van der Waals surface area (Å²) < 4.78 is 5.26. The molecule has 1 atom stereocenters. The van der Waals surface area contributed by atoms with Crippen molar-refractivity contribution in [3.05, 3.63) is 0 Å². The summed E-state index contributed by atoms with van der Waals surface area (Å²) in [6, 6.07) is 0.477. The third-order valence-electron chi connectivity index (χ3n) is 3.48. The van der Waals surface area contributed by atoms with Gasteiger partial charge in [0.1, 0.15) is 0 Å². The van der Waals surface area contributed by atoms with Crippen molar-refractivity contribution in [2.45, 2.75) is 47.6 Å². The fourth-order valence-electron chi connectivity index (χ4n) is 2.20. The molecule has 0 aromatic carbocycles. The van der Waals surface area contributed by atoms with E-state index < -0.39 is 0 Å². The van der Waals surface area contributed by atoms with Gasteiger partial charge in [0, 0.05) is 13.2 Å². The summed E-state index contributed by atoms with van der Waals surface area (Å²) in [4.78, 5) is 0. The van der Waals surface area contributed by atoms with Gasteiger partial charge >= 0.3 is 0 Å². The topological polar surface area (TPSA) is 21.3 Å². The van der Waals surface area contributed by atoms with Crippen LogP contribution in [0.25, 0.3) is 0 Å². The maximum absolute atomic E-state index is 5.26. The molecule has 1 N–H and O–H groups in total. The van der Waals surface area contributed by atoms with Crippen molar-refractivity contribution in [2.75, 3.05) is 20.3 Å². The van der Waals surface area contributed by atoms with E-state index in [1.165, 1.54) is 0 Å². The molecule has 16 heavy (non-hydrogen) atoms. The van der Waals surface area contributed by atoms with Gasteiger partial charge in [0.05, 0.1) is 6.61 Å². The summed E-state index contributed by atoms with van der Waals surface area (Å²) in [5.74, 6) is 2.85. The maximum atomic E-state index is 5.26. The first-order chi connectivity index (χ1) is 7.40. The molecular weight excluding hydrogens is 198 g/mol. The van der Waals surface area contributed by atoms with E-state index in [0.29, 0.717) is 12.0 Å². The third kappa shape index (κ3) is 5.86. The molecule has 0 aliphatic heterocycles. The summed E-state index contributed by atoms with van der Waals surface area (Å²) in [6.07, 6.45) is 0. The van der Waals surface area contributed by atoms with E-state index in [-0.39, 0.29) is 0 Å². The first kappa shape index (κ1) is 15.9. The number of hydrogen-bond acceptors (Lipinski definition) is 2. The van der Waals surface area contributed by atoms with Gasteiger partial charge in [0.15, 0.2) is 0 Å². The summed E-state index contributed by atoms with van der Waals surface area (Å²) in [5.41, 5.74) is 0. The first-order valence-electron chi connectivity index (χ1n) is 6.62. The molecule has 0 rings (SSSR count). The van der Waals surface area contributed by atoms with Crippen molar-refractivity contribution in [3.8, 4) is 0 Å². The Bertz CT molecular complexity index is 158.